The van der Waals surface area contributed by atoms with Gasteiger partial charge in [-0.05, 0) is 25.8 Å². The molecule has 0 unspecified atom stereocenters. The molecule has 3 heteroatoms. The second-order valence-electron chi connectivity index (χ2n) is 4.85. The molecule has 1 N–H and O–H groups in total. The molecule has 86 valence electrons. The molecular weight excluding hydrogens is 188 g/mol. The smallest absolute Gasteiger partial charge is 0.0628 e. The van der Waals surface area contributed by atoms with Gasteiger partial charge in [-0.15, -0.1) is 0 Å². The molecule has 3 nitrogen and oxygen atoms in total. The standard InChI is InChI=1S/C12H22N2O/c1-11(2)14-8-3-9-15-10-12(4-5-12)6-7-13/h11,14H,3-6,8-10H2,1-2H3. The van der Waals surface area contributed by atoms with Crippen LogP contribution < -0.4 is 5.32 Å². The van der Waals surface area contributed by atoms with Crippen molar-refractivity contribution in [3.05, 3.63) is 0 Å². The van der Waals surface area contributed by atoms with E-state index in [1.807, 2.05) is 0 Å². The summed E-state index contributed by atoms with van der Waals surface area (Å²) in [6.07, 6.45) is 4.06. The monoisotopic (exact) mass is 210 g/mol. The molecule has 1 aliphatic rings. The first-order valence-electron chi connectivity index (χ1n) is 5.87. The predicted molar refractivity (Wildman–Crippen MR) is 60.5 cm³/mol. The molecule has 1 saturated carbocycles. The lowest BCUT2D eigenvalue weighted by Gasteiger charge is -2.12. The number of hydrogen-bond acceptors (Lipinski definition) is 3. The zero-order valence-corrected chi connectivity index (χ0v) is 9.88. The highest BCUT2D eigenvalue weighted by Gasteiger charge is 2.42. The third-order valence-corrected chi connectivity index (χ3v) is 2.84. The summed E-state index contributed by atoms with van der Waals surface area (Å²) in [7, 11) is 0. The van der Waals surface area contributed by atoms with Crippen molar-refractivity contribution in [3.8, 4) is 6.07 Å². The van der Waals surface area contributed by atoms with Crippen LogP contribution in [0.1, 0.15) is 39.5 Å². The quantitative estimate of drug-likeness (QED) is 0.624. The first-order valence-corrected chi connectivity index (χ1v) is 5.87. The third kappa shape index (κ3) is 5.15. The van der Waals surface area contributed by atoms with Gasteiger partial charge in [0, 0.05) is 24.5 Å². The maximum Gasteiger partial charge on any atom is 0.0628 e. The van der Waals surface area contributed by atoms with Gasteiger partial charge in [0.2, 0.25) is 0 Å². The fourth-order valence-corrected chi connectivity index (χ4v) is 1.57. The minimum absolute atomic E-state index is 0.236. The topological polar surface area (TPSA) is 45.0 Å². The van der Waals surface area contributed by atoms with Gasteiger partial charge >= 0.3 is 0 Å². The van der Waals surface area contributed by atoms with E-state index >= 15 is 0 Å². The minimum Gasteiger partial charge on any atom is -0.381 e. The summed E-state index contributed by atoms with van der Waals surface area (Å²) in [5.41, 5.74) is 0.236. The Morgan fingerprint density at radius 3 is 2.73 bits per heavy atom. The number of nitrogens with zero attached hydrogens (tertiary/aromatic N) is 1. The molecule has 0 heterocycles. The van der Waals surface area contributed by atoms with Gasteiger partial charge in [0.05, 0.1) is 12.7 Å². The fourth-order valence-electron chi connectivity index (χ4n) is 1.57. The molecule has 0 aromatic rings. The van der Waals surface area contributed by atoms with Gasteiger partial charge in [-0.2, -0.15) is 5.26 Å². The number of hydrogen-bond donors (Lipinski definition) is 1. The molecule has 0 amide bonds. The summed E-state index contributed by atoms with van der Waals surface area (Å²) < 4.78 is 5.60. The van der Waals surface area contributed by atoms with Crippen molar-refractivity contribution in [2.75, 3.05) is 19.8 Å². The lowest BCUT2D eigenvalue weighted by atomic mass is 10.1. The van der Waals surface area contributed by atoms with Gasteiger partial charge in [0.25, 0.3) is 0 Å². The molecule has 0 aliphatic heterocycles. The molecule has 15 heavy (non-hydrogen) atoms. The van der Waals surface area contributed by atoms with Gasteiger partial charge in [-0.1, -0.05) is 13.8 Å². The number of ether oxygens (including phenoxy) is 1. The summed E-state index contributed by atoms with van der Waals surface area (Å²) in [5.74, 6) is 0. The Labute approximate surface area is 92.8 Å². The Morgan fingerprint density at radius 2 is 2.20 bits per heavy atom. The molecule has 1 fully saturated rings. The Bertz CT molecular complexity index is 216. The fraction of sp³-hybridized carbons (Fsp3) is 0.917. The SMILES string of the molecule is CC(C)NCCCOCC1(CC#N)CC1. The van der Waals surface area contributed by atoms with E-state index in [2.05, 4.69) is 25.2 Å². The van der Waals surface area contributed by atoms with E-state index in [0.29, 0.717) is 12.5 Å². The van der Waals surface area contributed by atoms with Crippen LogP contribution in [0.4, 0.5) is 0 Å². The minimum atomic E-state index is 0.236. The molecule has 1 aliphatic carbocycles. The van der Waals surface area contributed by atoms with E-state index in [4.69, 9.17) is 10.00 Å². The molecule has 0 saturated heterocycles. The van der Waals surface area contributed by atoms with Crippen molar-refractivity contribution in [3.63, 3.8) is 0 Å². The highest BCUT2D eigenvalue weighted by molar-refractivity contribution is 4.99. The zero-order valence-electron chi connectivity index (χ0n) is 9.88. The zero-order chi connectivity index (χ0) is 11.1. The van der Waals surface area contributed by atoms with Crippen molar-refractivity contribution in [1.29, 1.82) is 5.26 Å². The van der Waals surface area contributed by atoms with Crippen molar-refractivity contribution >= 4 is 0 Å². The normalized spacial score (nSPS) is 17.7. The second-order valence-corrected chi connectivity index (χ2v) is 4.85. The van der Waals surface area contributed by atoms with Crippen LogP contribution in [-0.4, -0.2) is 25.8 Å². The Balaban J connectivity index is 1.91. The van der Waals surface area contributed by atoms with Crippen LogP contribution in [0, 0.1) is 16.7 Å². The molecule has 0 aromatic heterocycles. The number of nitrogens with one attached hydrogen (secondary N) is 1. The number of rotatable bonds is 8. The summed E-state index contributed by atoms with van der Waals surface area (Å²) in [5, 5.41) is 12.0. The second kappa shape index (κ2) is 6.09. The Morgan fingerprint density at radius 1 is 1.47 bits per heavy atom. The lowest BCUT2D eigenvalue weighted by molar-refractivity contribution is 0.0896. The number of nitriles is 1. The summed E-state index contributed by atoms with van der Waals surface area (Å²) in [6.45, 7) is 6.90. The lowest BCUT2D eigenvalue weighted by Crippen LogP contribution is -2.24. The molecular formula is C12H22N2O. The van der Waals surface area contributed by atoms with E-state index in [-0.39, 0.29) is 5.41 Å². The van der Waals surface area contributed by atoms with E-state index in [1.165, 1.54) is 12.8 Å². The largest absolute Gasteiger partial charge is 0.381 e. The van der Waals surface area contributed by atoms with E-state index < -0.39 is 0 Å². The third-order valence-electron chi connectivity index (χ3n) is 2.84. The average molecular weight is 210 g/mol. The maximum absolute atomic E-state index is 8.63. The van der Waals surface area contributed by atoms with Crippen LogP contribution in [-0.2, 0) is 4.74 Å². The van der Waals surface area contributed by atoms with E-state index in [1.54, 1.807) is 0 Å². The van der Waals surface area contributed by atoms with Gasteiger partial charge in [0.15, 0.2) is 0 Å². The predicted octanol–water partition coefficient (Wildman–Crippen LogP) is 2.08. The van der Waals surface area contributed by atoms with Gasteiger partial charge in [-0.25, -0.2) is 0 Å². The highest BCUT2D eigenvalue weighted by Crippen LogP contribution is 2.48. The van der Waals surface area contributed by atoms with Crippen LogP contribution in [0.5, 0.6) is 0 Å². The average Bonchev–Trinajstić information content (AvgIpc) is 2.92. The van der Waals surface area contributed by atoms with Crippen LogP contribution in [0.25, 0.3) is 0 Å². The van der Waals surface area contributed by atoms with Crippen molar-refractivity contribution in [1.82, 2.24) is 5.32 Å². The van der Waals surface area contributed by atoms with Crippen molar-refractivity contribution in [2.45, 2.75) is 45.6 Å². The molecule has 0 aromatic carbocycles. The van der Waals surface area contributed by atoms with Crippen LogP contribution >= 0.6 is 0 Å². The van der Waals surface area contributed by atoms with Gasteiger partial charge in [-0.3, -0.25) is 0 Å². The maximum atomic E-state index is 8.63. The van der Waals surface area contributed by atoms with Gasteiger partial charge in [0.1, 0.15) is 0 Å². The van der Waals surface area contributed by atoms with Crippen LogP contribution in [0.15, 0.2) is 0 Å². The van der Waals surface area contributed by atoms with Crippen LogP contribution in [0.3, 0.4) is 0 Å². The van der Waals surface area contributed by atoms with Crippen molar-refractivity contribution < 1.29 is 4.74 Å². The van der Waals surface area contributed by atoms with Gasteiger partial charge < -0.3 is 10.1 Å². The molecule has 0 atom stereocenters. The summed E-state index contributed by atoms with van der Waals surface area (Å²) in [6, 6.07) is 2.80. The Hall–Kier alpha value is -0.590. The Kier molecular flexibility index (Phi) is 5.07. The molecule has 0 bridgehead atoms. The van der Waals surface area contributed by atoms with E-state index in [9.17, 15) is 0 Å². The van der Waals surface area contributed by atoms with E-state index in [0.717, 1.165) is 26.2 Å². The summed E-state index contributed by atoms with van der Waals surface area (Å²) in [4.78, 5) is 0. The highest BCUT2D eigenvalue weighted by atomic mass is 16.5. The molecule has 1 rings (SSSR count). The van der Waals surface area contributed by atoms with Crippen LogP contribution in [0.2, 0.25) is 0 Å². The first kappa shape index (κ1) is 12.5. The first-order chi connectivity index (χ1) is 7.18. The van der Waals surface area contributed by atoms with Crippen molar-refractivity contribution in [2.24, 2.45) is 5.41 Å². The summed E-state index contributed by atoms with van der Waals surface area (Å²) >= 11 is 0. The molecule has 0 spiro atoms. The molecule has 0 radical (unpaired) electrons.